The Morgan fingerprint density at radius 1 is 0.937 bits per heavy atom. The van der Waals surface area contributed by atoms with E-state index in [4.69, 9.17) is 9.47 Å². The van der Waals surface area contributed by atoms with Crippen molar-refractivity contribution in [3.63, 3.8) is 0 Å². The second kappa shape index (κ2) is 21.9. The van der Waals surface area contributed by atoms with Crippen LogP contribution in [0.4, 0.5) is 5.69 Å². The number of fused-ring (bicyclic) bond motifs is 10. The van der Waals surface area contributed by atoms with Crippen LogP contribution in [0.5, 0.6) is 17.2 Å². The number of hydrogen-bond acceptors (Lipinski definition) is 14. The van der Waals surface area contributed by atoms with Crippen molar-refractivity contribution in [3.8, 4) is 28.4 Å². The second-order valence-electron chi connectivity index (χ2n) is 17.3. The number of carbonyl (C=O) groups excluding carboxylic acids is 2. The third kappa shape index (κ3) is 11.2. The van der Waals surface area contributed by atoms with E-state index in [0.717, 1.165) is 51.4 Å². The Balaban J connectivity index is 1.37. The van der Waals surface area contributed by atoms with Gasteiger partial charge in [-0.15, -0.1) is 0 Å². The van der Waals surface area contributed by atoms with Gasteiger partial charge in [-0.2, -0.15) is 0 Å². The lowest BCUT2D eigenvalue weighted by atomic mass is 9.82. The number of phenolic OH excluding ortho intramolecular Hbond substituents is 2. The van der Waals surface area contributed by atoms with Crippen LogP contribution in [-0.4, -0.2) is 93.1 Å². The summed E-state index contributed by atoms with van der Waals surface area (Å²) in [5.41, 5.74) is 6.29. The topological polar surface area (TPSA) is 198 Å². The van der Waals surface area contributed by atoms with Crippen molar-refractivity contribution in [1.29, 1.82) is 0 Å². The van der Waals surface area contributed by atoms with Gasteiger partial charge in [0.15, 0.2) is 11.5 Å². The number of anilines is 1. The van der Waals surface area contributed by atoms with Gasteiger partial charge in [-0.1, -0.05) is 45.9 Å². The third-order valence-corrected chi connectivity index (χ3v) is 15.9. The number of ether oxygens (including phenoxy) is 2. The molecular weight excluding hydrogens is 841 g/mol. The monoisotopic (exact) mass is 902 g/mol. The molecule has 0 saturated carbocycles. The molecule has 0 radical (unpaired) electrons. The van der Waals surface area contributed by atoms with E-state index in [1.807, 2.05) is 36.4 Å². The largest absolute Gasteiger partial charge is 0.508 e. The van der Waals surface area contributed by atoms with Gasteiger partial charge in [-0.05, 0) is 145 Å². The number of ketones is 2. The van der Waals surface area contributed by atoms with E-state index >= 15 is 0 Å². The molecule has 4 aromatic rings. The number of benzene rings is 4. The molecule has 0 aromatic heterocycles. The molecule has 0 amide bonds. The molecule has 7 rings (SSSR count). The SMILES string of the molecule is COc1c(O)ccc2c1-c1ccc3ccc(O)cc3c1[C@@H]1CC[C@H](C[C@H](O)CSS1)[C@@H](O[C@@H]1N[C@H](CCCO)CC[C@@H](CCO)c3cc(NCC(C)=O)c(CO)cc31)CC(=O)CC2. The molecule has 7 atom stereocenters. The Morgan fingerprint density at radius 2 is 1.76 bits per heavy atom. The van der Waals surface area contributed by atoms with Crippen molar-refractivity contribution in [1.82, 2.24) is 5.32 Å². The van der Waals surface area contributed by atoms with Crippen molar-refractivity contribution in [2.24, 2.45) is 5.92 Å². The minimum Gasteiger partial charge on any atom is -0.508 e. The number of phenols is 2. The highest BCUT2D eigenvalue weighted by atomic mass is 33.1. The predicted octanol–water partition coefficient (Wildman–Crippen LogP) is 7.98. The van der Waals surface area contributed by atoms with Gasteiger partial charge < -0.3 is 45.4 Å². The summed E-state index contributed by atoms with van der Waals surface area (Å²) in [5, 5.41) is 73.3. The number of methoxy groups -OCH3 is 1. The highest BCUT2D eigenvalue weighted by molar-refractivity contribution is 8.76. The Kier molecular flexibility index (Phi) is 16.4. The van der Waals surface area contributed by atoms with Crippen molar-refractivity contribution in [2.45, 2.75) is 120 Å². The normalized spacial score (nSPS) is 24.5. The van der Waals surface area contributed by atoms with Gasteiger partial charge in [0, 0.05) is 59.9 Å². The number of aryl methyl sites for hydroxylation is 1. The van der Waals surface area contributed by atoms with Crippen molar-refractivity contribution < 1.29 is 49.7 Å². The minimum atomic E-state index is -0.754. The van der Waals surface area contributed by atoms with E-state index in [2.05, 4.69) is 10.6 Å². The zero-order valence-corrected chi connectivity index (χ0v) is 37.8. The fourth-order valence-electron chi connectivity index (χ4n) is 9.85. The summed E-state index contributed by atoms with van der Waals surface area (Å²) in [6.45, 7) is 1.28. The molecule has 2 heterocycles. The molecule has 0 spiro atoms. The molecule has 4 aromatic carbocycles. The van der Waals surface area contributed by atoms with Crippen molar-refractivity contribution >= 4 is 49.6 Å². The summed E-state index contributed by atoms with van der Waals surface area (Å²) in [6, 6.07) is 16.7. The first-order valence-corrected chi connectivity index (χ1v) is 24.7. The van der Waals surface area contributed by atoms with E-state index in [9.17, 15) is 40.2 Å². The molecule has 2 aliphatic heterocycles. The number of aliphatic hydroxyl groups excluding tert-OH is 4. The number of aliphatic hydroxyl groups is 4. The molecule has 14 heteroatoms. The summed E-state index contributed by atoms with van der Waals surface area (Å²) >= 11 is 0. The summed E-state index contributed by atoms with van der Waals surface area (Å²) < 4.78 is 13.2. The molecule has 12 nitrogen and oxygen atoms in total. The molecule has 1 saturated heterocycles. The van der Waals surface area contributed by atoms with Gasteiger partial charge in [0.05, 0.1) is 32.5 Å². The maximum Gasteiger partial charge on any atom is 0.168 e. The summed E-state index contributed by atoms with van der Waals surface area (Å²) in [4.78, 5) is 26.5. The first-order valence-electron chi connectivity index (χ1n) is 22.3. The zero-order valence-electron chi connectivity index (χ0n) is 36.2. The average molecular weight is 903 g/mol. The molecule has 3 aliphatic rings. The van der Waals surface area contributed by atoms with Crippen LogP contribution in [0, 0.1) is 5.92 Å². The number of carbonyl (C=O) groups is 2. The molecule has 1 fully saturated rings. The standard InChI is InChI=1S/C49H62N2O10S2/c1-28(55)25-50-42-24-39-30(17-19-53)5-11-34(4-3-18-52)51-49(41(39)21-33(42)26-54)61-44-23-36(57)13-7-31-9-15-43(59)48(60-2)46(31)38-14-8-29-6-12-35(56)22-40(29)47(38)45-16-10-32(44)20-37(58)27-62-63-45/h6,8-9,12,14-15,21-22,24,30,32,34,37,44-45,49-54,56,58-59H,3-5,7,10-11,13,16-20,23,25-27H2,1-2H3/t30-,32+,34+,37-,44-,45-,49-/m0/s1. The highest BCUT2D eigenvalue weighted by Gasteiger charge is 2.37. The third-order valence-electron chi connectivity index (χ3n) is 13.0. The summed E-state index contributed by atoms with van der Waals surface area (Å²) in [6.07, 6.45) is 3.42. The smallest absolute Gasteiger partial charge is 0.168 e. The fourth-order valence-corrected chi connectivity index (χ4v) is 12.7. The number of rotatable bonds is 12. The number of Topliss-reactive ketones (excluding diaryl/α,β-unsaturated/α-hetero) is 2. The van der Waals surface area contributed by atoms with Crippen molar-refractivity contribution in [2.75, 3.05) is 37.9 Å². The van der Waals surface area contributed by atoms with E-state index in [1.165, 1.54) is 14.0 Å². The lowest BCUT2D eigenvalue weighted by molar-refractivity contribution is -0.128. The van der Waals surface area contributed by atoms with Crippen LogP contribution in [-0.2, 0) is 27.4 Å². The van der Waals surface area contributed by atoms with Gasteiger partial charge in [0.1, 0.15) is 23.5 Å². The van der Waals surface area contributed by atoms with Crippen LogP contribution in [0.25, 0.3) is 21.9 Å². The lowest BCUT2D eigenvalue weighted by Crippen LogP contribution is -2.41. The van der Waals surface area contributed by atoms with Gasteiger partial charge in [-0.3, -0.25) is 14.9 Å². The van der Waals surface area contributed by atoms with Crippen LogP contribution in [0.1, 0.15) is 116 Å². The predicted molar refractivity (Wildman–Crippen MR) is 249 cm³/mol. The molecule has 8 N–H and O–H groups in total. The fraction of sp³-hybridized carbons (Fsp3) is 0.510. The van der Waals surface area contributed by atoms with E-state index in [1.54, 1.807) is 39.8 Å². The van der Waals surface area contributed by atoms with Gasteiger partial charge >= 0.3 is 0 Å². The first kappa shape index (κ1) is 47.1. The number of hydrogen-bond donors (Lipinski definition) is 8. The maximum absolute atomic E-state index is 14.5. The van der Waals surface area contributed by atoms with E-state index < -0.39 is 18.4 Å². The van der Waals surface area contributed by atoms with Gasteiger partial charge in [0.2, 0.25) is 0 Å². The van der Waals surface area contributed by atoms with Crippen LogP contribution in [0.15, 0.2) is 54.6 Å². The summed E-state index contributed by atoms with van der Waals surface area (Å²) in [5.74, 6) is 0.472. The van der Waals surface area contributed by atoms with E-state index in [0.29, 0.717) is 73.3 Å². The average Bonchev–Trinajstić information content (AvgIpc) is 3.36. The molecule has 0 unspecified atom stereocenters. The Morgan fingerprint density at radius 3 is 2.52 bits per heavy atom. The molecule has 2 bridgehead atoms. The lowest BCUT2D eigenvalue weighted by Gasteiger charge is -2.38. The highest BCUT2D eigenvalue weighted by Crippen LogP contribution is 2.53. The van der Waals surface area contributed by atoms with Crippen LogP contribution < -0.4 is 15.4 Å². The zero-order chi connectivity index (χ0) is 44.6. The second-order valence-corrected chi connectivity index (χ2v) is 20.0. The maximum atomic E-state index is 14.5. The Bertz CT molecular complexity index is 2240. The van der Waals surface area contributed by atoms with Gasteiger partial charge in [0.25, 0.3) is 0 Å². The van der Waals surface area contributed by atoms with E-state index in [-0.39, 0.29) is 85.4 Å². The number of aromatic hydroxyl groups is 2. The van der Waals surface area contributed by atoms with Gasteiger partial charge in [-0.25, -0.2) is 0 Å². The Labute approximate surface area is 377 Å². The molecule has 1 aliphatic carbocycles. The summed E-state index contributed by atoms with van der Waals surface area (Å²) in [7, 11) is 4.81. The first-order chi connectivity index (χ1) is 30.5. The number of nitrogens with one attached hydrogen (secondary N) is 2. The minimum absolute atomic E-state index is 0.0152. The van der Waals surface area contributed by atoms with Crippen LogP contribution >= 0.6 is 21.6 Å². The quantitative estimate of drug-likeness (QED) is 0.0637. The van der Waals surface area contributed by atoms with Crippen LogP contribution in [0.2, 0.25) is 0 Å². The van der Waals surface area contributed by atoms with Crippen LogP contribution in [0.3, 0.4) is 0 Å². The molecule has 63 heavy (non-hydrogen) atoms. The Hall–Kier alpha value is -3.86. The molecule has 340 valence electrons. The van der Waals surface area contributed by atoms with Crippen molar-refractivity contribution in [3.05, 3.63) is 82.4 Å². The molecular formula is C49H62N2O10S2.